The fourth-order valence-electron chi connectivity index (χ4n) is 3.50. The Morgan fingerprint density at radius 1 is 1.50 bits per heavy atom. The maximum Gasteiger partial charge on any atom is 0.230 e. The highest BCUT2D eigenvalue weighted by atomic mass is 16.3. The van der Waals surface area contributed by atoms with Crippen LogP contribution in [0.5, 0.6) is 0 Å². The van der Waals surface area contributed by atoms with Crippen LogP contribution in [0.25, 0.3) is 0 Å². The number of hydrogen-bond donors (Lipinski definition) is 1. The molecule has 3 rings (SSSR count). The molecular formula is C16H24N2O2. The smallest absolute Gasteiger partial charge is 0.230 e. The molecule has 0 radical (unpaired) electrons. The Labute approximate surface area is 120 Å². The van der Waals surface area contributed by atoms with E-state index in [1.807, 2.05) is 12.1 Å². The van der Waals surface area contributed by atoms with E-state index in [0.717, 1.165) is 38.1 Å². The minimum absolute atomic E-state index is 0.241. The van der Waals surface area contributed by atoms with Gasteiger partial charge in [-0.15, -0.1) is 0 Å². The number of furan rings is 1. The average molecular weight is 276 g/mol. The SMILES string of the molecule is CC1(C(=O)N(Cc2ccco2)C2CCCC2)CCNC1. The van der Waals surface area contributed by atoms with E-state index in [0.29, 0.717) is 18.5 Å². The molecule has 0 aromatic carbocycles. The molecule has 1 N–H and O–H groups in total. The Bertz CT molecular complexity index is 443. The summed E-state index contributed by atoms with van der Waals surface area (Å²) < 4.78 is 5.46. The van der Waals surface area contributed by atoms with Crippen molar-refractivity contribution >= 4 is 5.91 Å². The molecule has 4 heteroatoms. The molecule has 1 aromatic heterocycles. The number of carbonyl (C=O) groups excluding carboxylic acids is 1. The number of rotatable bonds is 4. The van der Waals surface area contributed by atoms with Crippen LogP contribution in [0.2, 0.25) is 0 Å². The van der Waals surface area contributed by atoms with Gasteiger partial charge in [-0.25, -0.2) is 0 Å². The second kappa shape index (κ2) is 5.60. The summed E-state index contributed by atoms with van der Waals surface area (Å²) in [6.07, 6.45) is 7.37. The molecule has 0 spiro atoms. The third-order valence-electron chi connectivity index (χ3n) is 4.82. The molecule has 2 heterocycles. The number of nitrogens with zero attached hydrogens (tertiary/aromatic N) is 1. The first-order valence-electron chi connectivity index (χ1n) is 7.73. The van der Waals surface area contributed by atoms with Gasteiger partial charge in [-0.1, -0.05) is 12.8 Å². The minimum Gasteiger partial charge on any atom is -0.467 e. The molecular weight excluding hydrogens is 252 g/mol. The van der Waals surface area contributed by atoms with E-state index in [2.05, 4.69) is 17.1 Å². The normalized spacial score (nSPS) is 27.1. The summed E-state index contributed by atoms with van der Waals surface area (Å²) in [5, 5.41) is 3.33. The Kier molecular flexibility index (Phi) is 3.83. The van der Waals surface area contributed by atoms with E-state index < -0.39 is 0 Å². The highest BCUT2D eigenvalue weighted by Crippen LogP contribution is 2.33. The van der Waals surface area contributed by atoms with Crippen molar-refractivity contribution in [2.75, 3.05) is 13.1 Å². The number of amides is 1. The van der Waals surface area contributed by atoms with Crippen LogP contribution in [-0.2, 0) is 11.3 Å². The third-order valence-corrected chi connectivity index (χ3v) is 4.82. The lowest BCUT2D eigenvalue weighted by molar-refractivity contribution is -0.143. The number of nitrogens with one attached hydrogen (secondary N) is 1. The van der Waals surface area contributed by atoms with Crippen molar-refractivity contribution in [3.8, 4) is 0 Å². The molecule has 2 fully saturated rings. The van der Waals surface area contributed by atoms with Crippen molar-refractivity contribution in [3.63, 3.8) is 0 Å². The summed E-state index contributed by atoms with van der Waals surface area (Å²) in [6, 6.07) is 4.25. The highest BCUT2D eigenvalue weighted by molar-refractivity contribution is 5.83. The molecule has 1 aromatic rings. The Morgan fingerprint density at radius 3 is 2.90 bits per heavy atom. The zero-order valence-electron chi connectivity index (χ0n) is 12.2. The van der Waals surface area contributed by atoms with E-state index in [-0.39, 0.29) is 5.41 Å². The lowest BCUT2D eigenvalue weighted by atomic mass is 9.87. The fraction of sp³-hybridized carbons (Fsp3) is 0.688. The summed E-state index contributed by atoms with van der Waals surface area (Å²) >= 11 is 0. The zero-order chi connectivity index (χ0) is 14.0. The summed E-state index contributed by atoms with van der Waals surface area (Å²) in [6.45, 7) is 4.46. The molecule has 2 aliphatic rings. The van der Waals surface area contributed by atoms with Gasteiger partial charge in [0.25, 0.3) is 0 Å². The van der Waals surface area contributed by atoms with Crippen LogP contribution in [0.15, 0.2) is 22.8 Å². The van der Waals surface area contributed by atoms with Gasteiger partial charge in [0.15, 0.2) is 0 Å². The molecule has 4 nitrogen and oxygen atoms in total. The van der Waals surface area contributed by atoms with Crippen molar-refractivity contribution in [3.05, 3.63) is 24.2 Å². The summed E-state index contributed by atoms with van der Waals surface area (Å²) in [4.78, 5) is 15.1. The fourth-order valence-corrected chi connectivity index (χ4v) is 3.50. The molecule has 0 bridgehead atoms. The van der Waals surface area contributed by atoms with Gasteiger partial charge in [0.1, 0.15) is 5.76 Å². The zero-order valence-corrected chi connectivity index (χ0v) is 12.2. The molecule has 1 saturated heterocycles. The molecule has 1 aliphatic carbocycles. The highest BCUT2D eigenvalue weighted by Gasteiger charge is 2.41. The van der Waals surface area contributed by atoms with E-state index >= 15 is 0 Å². The van der Waals surface area contributed by atoms with Crippen LogP contribution in [0.4, 0.5) is 0 Å². The van der Waals surface area contributed by atoms with Crippen molar-refractivity contribution in [2.24, 2.45) is 5.41 Å². The monoisotopic (exact) mass is 276 g/mol. The summed E-state index contributed by atoms with van der Waals surface area (Å²) in [5.74, 6) is 1.19. The lowest BCUT2D eigenvalue weighted by Crippen LogP contribution is -2.47. The topological polar surface area (TPSA) is 45.5 Å². The summed E-state index contributed by atoms with van der Waals surface area (Å²) in [5.41, 5.74) is -0.241. The van der Waals surface area contributed by atoms with E-state index in [4.69, 9.17) is 4.42 Å². The van der Waals surface area contributed by atoms with Gasteiger partial charge in [-0.05, 0) is 44.9 Å². The number of carbonyl (C=O) groups is 1. The first-order valence-corrected chi connectivity index (χ1v) is 7.73. The molecule has 1 saturated carbocycles. The van der Waals surface area contributed by atoms with Crippen LogP contribution in [0.1, 0.15) is 44.8 Å². The predicted octanol–water partition coefficient (Wildman–Crippen LogP) is 2.55. The largest absolute Gasteiger partial charge is 0.467 e. The van der Waals surface area contributed by atoms with Crippen molar-refractivity contribution < 1.29 is 9.21 Å². The second-order valence-corrected chi connectivity index (χ2v) is 6.44. The maximum atomic E-state index is 13.0. The quantitative estimate of drug-likeness (QED) is 0.919. The first kappa shape index (κ1) is 13.7. The van der Waals surface area contributed by atoms with Gasteiger partial charge < -0.3 is 14.6 Å². The maximum absolute atomic E-state index is 13.0. The van der Waals surface area contributed by atoms with Crippen molar-refractivity contribution in [1.82, 2.24) is 10.2 Å². The van der Waals surface area contributed by atoms with Crippen LogP contribution in [0, 0.1) is 5.41 Å². The molecule has 110 valence electrons. The lowest BCUT2D eigenvalue weighted by Gasteiger charge is -2.35. The second-order valence-electron chi connectivity index (χ2n) is 6.44. The Hall–Kier alpha value is -1.29. The minimum atomic E-state index is -0.241. The molecule has 1 unspecified atom stereocenters. The van der Waals surface area contributed by atoms with E-state index in [1.165, 1.54) is 12.8 Å². The van der Waals surface area contributed by atoms with Crippen LogP contribution < -0.4 is 5.32 Å². The van der Waals surface area contributed by atoms with Gasteiger partial charge in [0.2, 0.25) is 5.91 Å². The Balaban J connectivity index is 1.78. The molecule has 1 amide bonds. The standard InChI is InChI=1S/C16H24N2O2/c1-16(8-9-17-12-16)15(19)18(13-5-2-3-6-13)11-14-7-4-10-20-14/h4,7,10,13,17H,2-3,5-6,8-9,11-12H2,1H3. The van der Waals surface area contributed by atoms with Crippen LogP contribution in [0.3, 0.4) is 0 Å². The van der Waals surface area contributed by atoms with Crippen LogP contribution in [-0.4, -0.2) is 29.9 Å². The third kappa shape index (κ3) is 2.62. The Morgan fingerprint density at radius 2 is 2.30 bits per heavy atom. The van der Waals surface area contributed by atoms with Crippen LogP contribution >= 0.6 is 0 Å². The van der Waals surface area contributed by atoms with Gasteiger partial charge in [-0.3, -0.25) is 4.79 Å². The molecule has 20 heavy (non-hydrogen) atoms. The predicted molar refractivity (Wildman–Crippen MR) is 77.1 cm³/mol. The van der Waals surface area contributed by atoms with E-state index in [9.17, 15) is 4.79 Å². The molecule has 1 atom stereocenters. The summed E-state index contributed by atoms with van der Waals surface area (Å²) in [7, 11) is 0. The van der Waals surface area contributed by atoms with Gasteiger partial charge >= 0.3 is 0 Å². The van der Waals surface area contributed by atoms with Crippen molar-refractivity contribution in [1.29, 1.82) is 0 Å². The van der Waals surface area contributed by atoms with Gasteiger partial charge in [0, 0.05) is 12.6 Å². The van der Waals surface area contributed by atoms with E-state index in [1.54, 1.807) is 6.26 Å². The van der Waals surface area contributed by atoms with Crippen molar-refractivity contribution in [2.45, 2.75) is 51.6 Å². The first-order chi connectivity index (χ1) is 9.69. The molecule has 1 aliphatic heterocycles. The number of hydrogen-bond acceptors (Lipinski definition) is 3. The average Bonchev–Trinajstić information content (AvgIpc) is 3.18. The van der Waals surface area contributed by atoms with Gasteiger partial charge in [-0.2, -0.15) is 0 Å². The van der Waals surface area contributed by atoms with Gasteiger partial charge in [0.05, 0.1) is 18.2 Å².